The zero-order valence-electron chi connectivity index (χ0n) is 12.1. The maximum Gasteiger partial charge on any atom is 0.122 e. The molecule has 0 unspecified atom stereocenters. The van der Waals surface area contributed by atoms with Crippen molar-refractivity contribution in [1.82, 2.24) is 14.5 Å². The standard InChI is InChI=1S/C15H22N4O/c1-18(12-15-17-6-7-19(15)2)8-9-20-14-5-3-4-13(10-14)11-16/h3-7,10H,8-9,11-12,16H2,1-2H3. The quantitative estimate of drug-likeness (QED) is 0.829. The van der Waals surface area contributed by atoms with Crippen LogP contribution < -0.4 is 10.5 Å². The van der Waals surface area contributed by atoms with Gasteiger partial charge in [-0.1, -0.05) is 12.1 Å². The van der Waals surface area contributed by atoms with Crippen LogP contribution in [0.3, 0.4) is 0 Å². The summed E-state index contributed by atoms with van der Waals surface area (Å²) in [6, 6.07) is 7.91. The van der Waals surface area contributed by atoms with Gasteiger partial charge in [0, 0.05) is 32.5 Å². The normalized spacial score (nSPS) is 11.0. The van der Waals surface area contributed by atoms with E-state index in [1.807, 2.05) is 48.3 Å². The number of benzene rings is 1. The van der Waals surface area contributed by atoms with Crippen molar-refractivity contribution in [2.75, 3.05) is 20.2 Å². The van der Waals surface area contributed by atoms with Crippen molar-refractivity contribution in [1.29, 1.82) is 0 Å². The molecule has 0 aliphatic rings. The van der Waals surface area contributed by atoms with Crippen molar-refractivity contribution in [3.63, 3.8) is 0 Å². The van der Waals surface area contributed by atoms with Crippen LogP contribution in [0.25, 0.3) is 0 Å². The second kappa shape index (κ2) is 7.07. The van der Waals surface area contributed by atoms with Crippen LogP contribution in [-0.4, -0.2) is 34.7 Å². The number of likely N-dealkylation sites (N-methyl/N-ethyl adjacent to an activating group) is 1. The van der Waals surface area contributed by atoms with Crippen LogP contribution in [0.4, 0.5) is 0 Å². The van der Waals surface area contributed by atoms with Crippen LogP contribution in [0.15, 0.2) is 36.7 Å². The molecule has 5 nitrogen and oxygen atoms in total. The van der Waals surface area contributed by atoms with Gasteiger partial charge in [0.05, 0.1) is 6.54 Å². The predicted octanol–water partition coefficient (Wildman–Crippen LogP) is 1.39. The van der Waals surface area contributed by atoms with Crippen molar-refractivity contribution in [2.45, 2.75) is 13.1 Å². The summed E-state index contributed by atoms with van der Waals surface area (Å²) in [4.78, 5) is 6.50. The highest BCUT2D eigenvalue weighted by atomic mass is 16.5. The van der Waals surface area contributed by atoms with Crippen LogP contribution in [-0.2, 0) is 20.1 Å². The first-order chi connectivity index (χ1) is 9.69. The number of nitrogens with two attached hydrogens (primary N) is 1. The Morgan fingerprint density at radius 3 is 2.95 bits per heavy atom. The third-order valence-electron chi connectivity index (χ3n) is 3.21. The largest absolute Gasteiger partial charge is 0.492 e. The fraction of sp³-hybridized carbons (Fsp3) is 0.400. The van der Waals surface area contributed by atoms with Gasteiger partial charge in [-0.05, 0) is 24.7 Å². The Hall–Kier alpha value is -1.85. The molecular weight excluding hydrogens is 252 g/mol. The van der Waals surface area contributed by atoms with E-state index in [2.05, 4.69) is 16.9 Å². The summed E-state index contributed by atoms with van der Waals surface area (Å²) < 4.78 is 7.77. The molecule has 0 atom stereocenters. The number of hydrogen-bond donors (Lipinski definition) is 1. The molecule has 0 saturated carbocycles. The van der Waals surface area contributed by atoms with Crippen molar-refractivity contribution in [3.05, 3.63) is 48.0 Å². The summed E-state index contributed by atoms with van der Waals surface area (Å²) in [5.74, 6) is 1.93. The minimum atomic E-state index is 0.538. The summed E-state index contributed by atoms with van der Waals surface area (Å²) in [6.07, 6.45) is 3.77. The Morgan fingerprint density at radius 1 is 1.40 bits per heavy atom. The molecule has 0 saturated heterocycles. The van der Waals surface area contributed by atoms with Gasteiger partial charge in [0.25, 0.3) is 0 Å². The van der Waals surface area contributed by atoms with Crippen LogP contribution in [0, 0.1) is 0 Å². The summed E-state index contributed by atoms with van der Waals surface area (Å²) in [6.45, 7) is 2.85. The molecule has 0 radical (unpaired) electrons. The number of aryl methyl sites for hydroxylation is 1. The van der Waals surface area contributed by atoms with Gasteiger partial charge in [-0.15, -0.1) is 0 Å². The lowest BCUT2D eigenvalue weighted by atomic mass is 10.2. The van der Waals surface area contributed by atoms with E-state index < -0.39 is 0 Å². The average Bonchev–Trinajstić information content (AvgIpc) is 2.84. The van der Waals surface area contributed by atoms with Gasteiger partial charge in [-0.25, -0.2) is 4.98 Å². The Kier molecular flexibility index (Phi) is 5.15. The lowest BCUT2D eigenvalue weighted by Crippen LogP contribution is -2.25. The number of rotatable bonds is 7. The third-order valence-corrected chi connectivity index (χ3v) is 3.21. The number of aromatic nitrogens is 2. The van der Waals surface area contributed by atoms with Gasteiger partial charge >= 0.3 is 0 Å². The molecular formula is C15H22N4O. The monoisotopic (exact) mass is 274 g/mol. The van der Waals surface area contributed by atoms with Crippen molar-refractivity contribution >= 4 is 0 Å². The van der Waals surface area contributed by atoms with Crippen LogP contribution in [0.2, 0.25) is 0 Å². The maximum atomic E-state index is 5.74. The number of imidazole rings is 1. The van der Waals surface area contributed by atoms with Crippen molar-refractivity contribution in [2.24, 2.45) is 12.8 Å². The molecule has 1 aromatic carbocycles. The summed E-state index contributed by atoms with van der Waals surface area (Å²) in [5, 5.41) is 0. The van der Waals surface area contributed by atoms with Crippen LogP contribution in [0.1, 0.15) is 11.4 Å². The van der Waals surface area contributed by atoms with E-state index in [-0.39, 0.29) is 0 Å². The van der Waals surface area contributed by atoms with Gasteiger partial charge in [0.15, 0.2) is 0 Å². The molecule has 0 aliphatic carbocycles. The zero-order valence-corrected chi connectivity index (χ0v) is 12.1. The summed E-state index contributed by atoms with van der Waals surface area (Å²) in [7, 11) is 4.07. The number of ether oxygens (including phenoxy) is 1. The Balaban J connectivity index is 1.76. The number of hydrogen-bond acceptors (Lipinski definition) is 4. The van der Waals surface area contributed by atoms with Crippen molar-refractivity contribution < 1.29 is 4.74 Å². The minimum Gasteiger partial charge on any atom is -0.492 e. The van der Waals surface area contributed by atoms with Gasteiger partial charge in [-0.2, -0.15) is 0 Å². The van der Waals surface area contributed by atoms with Crippen LogP contribution >= 0.6 is 0 Å². The van der Waals surface area contributed by atoms with Gasteiger partial charge in [0.2, 0.25) is 0 Å². The molecule has 0 spiro atoms. The zero-order chi connectivity index (χ0) is 14.4. The van der Waals surface area contributed by atoms with Crippen LogP contribution in [0.5, 0.6) is 5.75 Å². The van der Waals surface area contributed by atoms with E-state index in [9.17, 15) is 0 Å². The van der Waals surface area contributed by atoms with E-state index in [1.54, 1.807) is 0 Å². The second-order valence-corrected chi connectivity index (χ2v) is 4.89. The highest BCUT2D eigenvalue weighted by Crippen LogP contribution is 2.12. The topological polar surface area (TPSA) is 56.3 Å². The first kappa shape index (κ1) is 14.6. The van der Waals surface area contributed by atoms with Gasteiger partial charge < -0.3 is 15.0 Å². The minimum absolute atomic E-state index is 0.538. The van der Waals surface area contributed by atoms with E-state index in [0.717, 1.165) is 30.2 Å². The third kappa shape index (κ3) is 4.08. The first-order valence-electron chi connectivity index (χ1n) is 6.75. The molecule has 108 valence electrons. The molecule has 2 aromatic rings. The van der Waals surface area contributed by atoms with E-state index in [4.69, 9.17) is 10.5 Å². The molecule has 0 amide bonds. The Morgan fingerprint density at radius 2 is 2.25 bits per heavy atom. The fourth-order valence-corrected chi connectivity index (χ4v) is 1.95. The van der Waals surface area contributed by atoms with Gasteiger partial charge in [0.1, 0.15) is 18.2 Å². The molecule has 0 bridgehead atoms. The molecule has 5 heteroatoms. The van der Waals surface area contributed by atoms with Gasteiger partial charge in [-0.3, -0.25) is 4.90 Å². The lowest BCUT2D eigenvalue weighted by molar-refractivity contribution is 0.228. The smallest absolute Gasteiger partial charge is 0.122 e. The molecule has 0 fully saturated rings. The molecule has 2 N–H and O–H groups in total. The summed E-state index contributed by atoms with van der Waals surface area (Å²) >= 11 is 0. The molecule has 2 rings (SSSR count). The highest BCUT2D eigenvalue weighted by molar-refractivity contribution is 5.28. The molecule has 1 heterocycles. The van der Waals surface area contributed by atoms with E-state index in [0.29, 0.717) is 13.2 Å². The first-order valence-corrected chi connectivity index (χ1v) is 6.75. The molecule has 20 heavy (non-hydrogen) atoms. The van der Waals surface area contributed by atoms with Crippen molar-refractivity contribution in [3.8, 4) is 5.75 Å². The maximum absolute atomic E-state index is 5.74. The second-order valence-electron chi connectivity index (χ2n) is 4.89. The SMILES string of the molecule is CN(CCOc1cccc(CN)c1)Cc1nccn1C. The Bertz CT molecular complexity index is 538. The Labute approximate surface area is 120 Å². The fourth-order valence-electron chi connectivity index (χ4n) is 1.95. The molecule has 1 aromatic heterocycles. The predicted molar refractivity (Wildman–Crippen MR) is 79.4 cm³/mol. The molecule has 0 aliphatic heterocycles. The summed E-state index contributed by atoms with van der Waals surface area (Å²) in [5.41, 5.74) is 6.70. The average molecular weight is 274 g/mol. The van der Waals surface area contributed by atoms with E-state index >= 15 is 0 Å². The number of nitrogens with zero attached hydrogens (tertiary/aromatic N) is 3. The highest BCUT2D eigenvalue weighted by Gasteiger charge is 2.04. The lowest BCUT2D eigenvalue weighted by Gasteiger charge is -2.16. The van der Waals surface area contributed by atoms with E-state index in [1.165, 1.54) is 0 Å².